The predicted molar refractivity (Wildman–Crippen MR) is 102 cm³/mol. The fourth-order valence-corrected chi connectivity index (χ4v) is 2.73. The number of halogens is 1. The molecular weight excluding hydrogens is 347 g/mol. The summed E-state index contributed by atoms with van der Waals surface area (Å²) in [5.74, 6) is -1.34. The van der Waals surface area contributed by atoms with Gasteiger partial charge in [0.2, 0.25) is 0 Å². The van der Waals surface area contributed by atoms with Crippen LogP contribution in [0.2, 0.25) is 0 Å². The van der Waals surface area contributed by atoms with Crippen molar-refractivity contribution in [3.8, 4) is 11.5 Å². The smallest absolute Gasteiger partial charge is 0.313 e. The molecule has 0 aliphatic carbocycles. The summed E-state index contributed by atoms with van der Waals surface area (Å²) in [5.41, 5.74) is 0. The molecule has 3 aromatic rings. The fraction of sp³-hybridized carbons (Fsp3) is 0.273. The molecule has 0 spiro atoms. The number of carbonyl (C=O) groups excluding carboxylic acids is 2. The van der Waals surface area contributed by atoms with Crippen LogP contribution in [0.3, 0.4) is 0 Å². The first-order chi connectivity index (χ1) is 12.8. The number of ether oxygens (including phenoxy) is 2. The molecule has 0 unspecified atom stereocenters. The Morgan fingerprint density at radius 1 is 0.741 bits per heavy atom. The molecule has 140 valence electrons. The molecule has 0 aliphatic heterocycles. The van der Waals surface area contributed by atoms with E-state index in [0.717, 1.165) is 0 Å². The van der Waals surface area contributed by atoms with E-state index in [4.69, 9.17) is 9.47 Å². The molecule has 0 heterocycles. The molecule has 0 fully saturated rings. The summed E-state index contributed by atoms with van der Waals surface area (Å²) >= 11 is 0. The van der Waals surface area contributed by atoms with Crippen molar-refractivity contribution in [2.24, 2.45) is 11.8 Å². The van der Waals surface area contributed by atoms with Gasteiger partial charge in [-0.15, -0.1) is 0 Å². The lowest BCUT2D eigenvalue weighted by atomic mass is 10.00. The quantitative estimate of drug-likeness (QED) is 0.358. The van der Waals surface area contributed by atoms with Crippen molar-refractivity contribution in [3.05, 3.63) is 48.3 Å². The first kappa shape index (κ1) is 18.8. The fourth-order valence-electron chi connectivity index (χ4n) is 2.73. The second-order valence-corrected chi connectivity index (χ2v) is 7.05. The third kappa shape index (κ3) is 3.63. The Labute approximate surface area is 156 Å². The molecule has 0 atom stereocenters. The van der Waals surface area contributed by atoms with E-state index in [1.54, 1.807) is 52.0 Å². The molecule has 27 heavy (non-hydrogen) atoms. The van der Waals surface area contributed by atoms with E-state index < -0.39 is 17.8 Å². The topological polar surface area (TPSA) is 52.6 Å². The Kier molecular flexibility index (Phi) is 5.13. The second kappa shape index (κ2) is 7.35. The molecule has 0 radical (unpaired) electrons. The van der Waals surface area contributed by atoms with E-state index in [2.05, 4.69) is 0 Å². The van der Waals surface area contributed by atoms with E-state index in [1.807, 2.05) is 0 Å². The van der Waals surface area contributed by atoms with Gasteiger partial charge in [-0.2, -0.15) is 0 Å². The lowest BCUT2D eigenvalue weighted by Crippen LogP contribution is -2.17. The van der Waals surface area contributed by atoms with Gasteiger partial charge in [-0.05, 0) is 18.2 Å². The largest absolute Gasteiger partial charge is 0.425 e. The Hall–Kier alpha value is -2.95. The Bertz CT molecular complexity index is 1040. The summed E-state index contributed by atoms with van der Waals surface area (Å²) in [7, 11) is 0. The minimum atomic E-state index is -0.472. The van der Waals surface area contributed by atoms with Gasteiger partial charge >= 0.3 is 11.9 Å². The maximum atomic E-state index is 14.0. The minimum Gasteiger partial charge on any atom is -0.425 e. The zero-order valence-electron chi connectivity index (χ0n) is 15.7. The Balaban J connectivity index is 2.36. The maximum Gasteiger partial charge on any atom is 0.313 e. The normalized spacial score (nSPS) is 11.4. The highest BCUT2D eigenvalue weighted by Gasteiger charge is 2.22. The van der Waals surface area contributed by atoms with Gasteiger partial charge in [-0.1, -0.05) is 52.0 Å². The van der Waals surface area contributed by atoms with Crippen molar-refractivity contribution in [3.63, 3.8) is 0 Å². The number of benzene rings is 3. The molecule has 5 heteroatoms. The van der Waals surface area contributed by atoms with Crippen molar-refractivity contribution in [1.82, 2.24) is 0 Å². The second-order valence-electron chi connectivity index (χ2n) is 7.05. The third-order valence-electron chi connectivity index (χ3n) is 4.24. The average Bonchev–Trinajstić information content (AvgIpc) is 2.63. The van der Waals surface area contributed by atoms with Gasteiger partial charge < -0.3 is 9.47 Å². The van der Waals surface area contributed by atoms with Gasteiger partial charge in [-0.3, -0.25) is 9.59 Å². The summed E-state index contributed by atoms with van der Waals surface area (Å²) < 4.78 is 25.3. The number of fused-ring (bicyclic) bond motifs is 2. The van der Waals surface area contributed by atoms with Gasteiger partial charge in [-0.25, -0.2) is 4.39 Å². The SMILES string of the molecule is CC(C)C(=O)Oc1c2ccccc2c(OC(=O)C(C)C)c2cc(F)ccc12. The molecule has 0 aliphatic rings. The average molecular weight is 368 g/mol. The standard InChI is InChI=1S/C22H21FO4/c1-12(2)21(24)26-19-15-7-5-6-8-16(15)20(27-22(25)13(3)4)18-11-14(23)9-10-17(18)19/h5-13H,1-4H3. The summed E-state index contributed by atoms with van der Waals surface area (Å²) in [6, 6.07) is 11.2. The number of rotatable bonds is 4. The summed E-state index contributed by atoms with van der Waals surface area (Å²) in [6.45, 7) is 6.94. The summed E-state index contributed by atoms with van der Waals surface area (Å²) in [5, 5.41) is 2.10. The highest BCUT2D eigenvalue weighted by atomic mass is 19.1. The maximum absolute atomic E-state index is 14.0. The molecule has 0 saturated heterocycles. The van der Waals surface area contributed by atoms with E-state index in [1.165, 1.54) is 18.2 Å². The van der Waals surface area contributed by atoms with Crippen molar-refractivity contribution in [2.75, 3.05) is 0 Å². The van der Waals surface area contributed by atoms with Crippen LogP contribution in [-0.4, -0.2) is 11.9 Å². The van der Waals surface area contributed by atoms with Gasteiger partial charge in [0.25, 0.3) is 0 Å². The molecule has 0 saturated carbocycles. The predicted octanol–water partition coefficient (Wildman–Crippen LogP) is 5.25. The molecular formula is C22H21FO4. The highest BCUT2D eigenvalue weighted by molar-refractivity contribution is 6.12. The van der Waals surface area contributed by atoms with Crippen molar-refractivity contribution >= 4 is 33.5 Å². The monoisotopic (exact) mass is 368 g/mol. The molecule has 4 nitrogen and oxygen atoms in total. The zero-order valence-corrected chi connectivity index (χ0v) is 15.7. The first-order valence-electron chi connectivity index (χ1n) is 8.87. The zero-order chi connectivity index (χ0) is 19.7. The molecule has 0 aromatic heterocycles. The number of carbonyl (C=O) groups is 2. The van der Waals surface area contributed by atoms with Gasteiger partial charge in [0.05, 0.1) is 11.8 Å². The molecule has 0 bridgehead atoms. The van der Waals surface area contributed by atoms with Crippen LogP contribution in [-0.2, 0) is 9.59 Å². The van der Waals surface area contributed by atoms with Crippen LogP contribution in [0.5, 0.6) is 11.5 Å². The van der Waals surface area contributed by atoms with Crippen LogP contribution in [0.4, 0.5) is 4.39 Å². The minimum absolute atomic E-state index is 0.267. The number of hydrogen-bond acceptors (Lipinski definition) is 4. The summed E-state index contributed by atoms with van der Waals surface area (Å²) in [6.07, 6.45) is 0. The van der Waals surface area contributed by atoms with E-state index in [9.17, 15) is 14.0 Å². The molecule has 3 aromatic carbocycles. The molecule has 0 amide bonds. The van der Waals surface area contributed by atoms with E-state index in [0.29, 0.717) is 27.3 Å². The Morgan fingerprint density at radius 3 is 1.67 bits per heavy atom. The van der Waals surface area contributed by atoms with E-state index >= 15 is 0 Å². The lowest BCUT2D eigenvalue weighted by molar-refractivity contribution is -0.138. The van der Waals surface area contributed by atoms with Crippen LogP contribution >= 0.6 is 0 Å². The van der Waals surface area contributed by atoms with Crippen LogP contribution in [0, 0.1) is 17.7 Å². The first-order valence-corrected chi connectivity index (χ1v) is 8.87. The third-order valence-corrected chi connectivity index (χ3v) is 4.24. The van der Waals surface area contributed by atoms with Crippen LogP contribution in [0.25, 0.3) is 21.5 Å². The molecule has 3 rings (SSSR count). The van der Waals surface area contributed by atoms with Crippen LogP contribution in [0.1, 0.15) is 27.7 Å². The van der Waals surface area contributed by atoms with Crippen molar-refractivity contribution < 1.29 is 23.5 Å². The van der Waals surface area contributed by atoms with Gasteiger partial charge in [0.1, 0.15) is 17.3 Å². The van der Waals surface area contributed by atoms with E-state index in [-0.39, 0.29) is 17.6 Å². The molecule has 0 N–H and O–H groups in total. The van der Waals surface area contributed by atoms with Gasteiger partial charge in [0, 0.05) is 21.5 Å². The van der Waals surface area contributed by atoms with Crippen LogP contribution in [0.15, 0.2) is 42.5 Å². The number of hydrogen-bond donors (Lipinski definition) is 0. The highest BCUT2D eigenvalue weighted by Crippen LogP contribution is 2.43. The summed E-state index contributed by atoms with van der Waals surface area (Å²) in [4.78, 5) is 24.5. The van der Waals surface area contributed by atoms with Crippen LogP contribution < -0.4 is 9.47 Å². The van der Waals surface area contributed by atoms with Gasteiger partial charge in [0.15, 0.2) is 0 Å². The number of esters is 2. The Morgan fingerprint density at radius 2 is 1.19 bits per heavy atom. The van der Waals surface area contributed by atoms with Crippen molar-refractivity contribution in [2.45, 2.75) is 27.7 Å². The lowest BCUT2D eigenvalue weighted by Gasteiger charge is -2.17. The van der Waals surface area contributed by atoms with Crippen molar-refractivity contribution in [1.29, 1.82) is 0 Å².